The highest BCUT2D eigenvalue weighted by Gasteiger charge is 2.26. The van der Waals surface area contributed by atoms with Gasteiger partial charge in [0.05, 0.1) is 17.7 Å². The van der Waals surface area contributed by atoms with Crippen molar-refractivity contribution in [3.63, 3.8) is 0 Å². The number of rotatable bonds is 5. The summed E-state index contributed by atoms with van der Waals surface area (Å²) in [5.41, 5.74) is 2.17. The Bertz CT molecular complexity index is 1090. The summed E-state index contributed by atoms with van der Waals surface area (Å²) >= 11 is 0. The molecule has 0 saturated carbocycles. The minimum absolute atomic E-state index is 0.00586. The van der Waals surface area contributed by atoms with Crippen LogP contribution in [0, 0.1) is 0 Å². The third kappa shape index (κ3) is 5.00. The van der Waals surface area contributed by atoms with Crippen molar-refractivity contribution in [2.24, 2.45) is 0 Å². The zero-order valence-corrected chi connectivity index (χ0v) is 17.6. The van der Waals surface area contributed by atoms with E-state index < -0.39 is 0 Å². The van der Waals surface area contributed by atoms with Gasteiger partial charge in [0, 0.05) is 43.6 Å². The molecule has 0 spiro atoms. The largest absolute Gasteiger partial charge is 0.339 e. The van der Waals surface area contributed by atoms with Crippen molar-refractivity contribution in [1.82, 2.24) is 14.8 Å². The van der Waals surface area contributed by atoms with E-state index in [0.29, 0.717) is 43.0 Å². The van der Waals surface area contributed by atoms with Crippen molar-refractivity contribution < 1.29 is 14.4 Å². The van der Waals surface area contributed by atoms with Crippen LogP contribution in [0.15, 0.2) is 79.0 Å². The van der Waals surface area contributed by atoms with Crippen LogP contribution in [-0.4, -0.2) is 58.7 Å². The van der Waals surface area contributed by atoms with Gasteiger partial charge in [-0.3, -0.25) is 19.4 Å². The van der Waals surface area contributed by atoms with Crippen LogP contribution in [0.5, 0.6) is 0 Å². The van der Waals surface area contributed by atoms with Crippen LogP contribution in [0.1, 0.15) is 26.4 Å². The second-order valence-electron chi connectivity index (χ2n) is 7.54. The molecule has 32 heavy (non-hydrogen) atoms. The molecule has 3 aromatic rings. The van der Waals surface area contributed by atoms with Gasteiger partial charge in [0.2, 0.25) is 5.91 Å². The van der Waals surface area contributed by atoms with Gasteiger partial charge in [0.15, 0.2) is 0 Å². The van der Waals surface area contributed by atoms with E-state index in [9.17, 15) is 14.4 Å². The highest BCUT2D eigenvalue weighted by Crippen LogP contribution is 2.19. The van der Waals surface area contributed by atoms with E-state index in [1.807, 2.05) is 24.3 Å². The van der Waals surface area contributed by atoms with Crippen molar-refractivity contribution in [3.8, 4) is 0 Å². The fraction of sp³-hybridized carbons (Fsp3) is 0.200. The molecule has 7 nitrogen and oxygen atoms in total. The summed E-state index contributed by atoms with van der Waals surface area (Å²) < 4.78 is 0. The van der Waals surface area contributed by atoms with E-state index in [2.05, 4.69) is 10.3 Å². The predicted molar refractivity (Wildman–Crippen MR) is 121 cm³/mol. The topological polar surface area (TPSA) is 82.6 Å². The average Bonchev–Trinajstić information content (AvgIpc) is 2.85. The Hall–Kier alpha value is -4.00. The first kappa shape index (κ1) is 21.2. The summed E-state index contributed by atoms with van der Waals surface area (Å²) in [6.07, 6.45) is 1.93. The van der Waals surface area contributed by atoms with Gasteiger partial charge in [0.25, 0.3) is 11.8 Å². The van der Waals surface area contributed by atoms with Crippen LogP contribution in [0.2, 0.25) is 0 Å². The number of amides is 3. The van der Waals surface area contributed by atoms with E-state index in [1.54, 1.807) is 64.5 Å². The number of hydrogen-bond donors (Lipinski definition) is 1. The molecule has 0 unspecified atom stereocenters. The Morgan fingerprint density at radius 2 is 1.44 bits per heavy atom. The number of nitrogens with zero attached hydrogens (tertiary/aromatic N) is 3. The van der Waals surface area contributed by atoms with Crippen molar-refractivity contribution in [3.05, 3.63) is 95.8 Å². The molecule has 2 aromatic carbocycles. The highest BCUT2D eigenvalue weighted by molar-refractivity contribution is 6.09. The molecule has 0 aliphatic carbocycles. The van der Waals surface area contributed by atoms with Gasteiger partial charge in [-0.05, 0) is 36.4 Å². The van der Waals surface area contributed by atoms with E-state index in [1.165, 1.54) is 0 Å². The number of pyridine rings is 1. The fourth-order valence-corrected chi connectivity index (χ4v) is 3.66. The predicted octanol–water partition coefficient (Wildman–Crippen LogP) is 2.86. The van der Waals surface area contributed by atoms with E-state index in [0.717, 1.165) is 5.69 Å². The quantitative estimate of drug-likeness (QED) is 0.678. The normalized spacial score (nSPS) is 13.5. The van der Waals surface area contributed by atoms with Crippen LogP contribution in [-0.2, 0) is 11.2 Å². The number of carbonyl (C=O) groups is 3. The molecule has 1 N–H and O–H groups in total. The zero-order valence-electron chi connectivity index (χ0n) is 17.6. The van der Waals surface area contributed by atoms with Crippen LogP contribution < -0.4 is 5.32 Å². The van der Waals surface area contributed by atoms with Crippen molar-refractivity contribution in [1.29, 1.82) is 0 Å². The highest BCUT2D eigenvalue weighted by atomic mass is 16.2. The lowest BCUT2D eigenvalue weighted by atomic mass is 10.1. The lowest BCUT2D eigenvalue weighted by Gasteiger charge is -2.35. The summed E-state index contributed by atoms with van der Waals surface area (Å²) in [7, 11) is 0. The molecule has 0 atom stereocenters. The number of para-hydroxylation sites is 1. The number of nitrogens with one attached hydrogen (secondary N) is 1. The molecule has 1 aliphatic rings. The third-order valence-corrected chi connectivity index (χ3v) is 5.42. The van der Waals surface area contributed by atoms with Gasteiger partial charge in [-0.1, -0.05) is 36.4 Å². The second-order valence-corrected chi connectivity index (χ2v) is 7.54. The molecule has 1 aliphatic heterocycles. The number of aromatic nitrogens is 1. The smallest absolute Gasteiger partial charge is 0.256 e. The minimum atomic E-state index is -0.268. The maximum Gasteiger partial charge on any atom is 0.256 e. The standard InChI is InChI=1S/C25H24N4O3/c30-23(18-20-10-6-7-13-26-20)28-14-16-29(17-15-28)25(32)21-11-4-5-12-22(21)27-24(31)19-8-2-1-3-9-19/h1-13H,14-18H2,(H,27,31). The first-order chi connectivity index (χ1) is 15.6. The number of hydrogen-bond acceptors (Lipinski definition) is 4. The SMILES string of the molecule is O=C(Nc1ccccc1C(=O)N1CCN(C(=O)Cc2ccccn2)CC1)c1ccccc1. The Balaban J connectivity index is 1.38. The van der Waals surface area contributed by atoms with E-state index in [-0.39, 0.29) is 24.1 Å². The Morgan fingerprint density at radius 3 is 2.16 bits per heavy atom. The van der Waals surface area contributed by atoms with Gasteiger partial charge < -0.3 is 15.1 Å². The van der Waals surface area contributed by atoms with Gasteiger partial charge in [-0.25, -0.2) is 0 Å². The molecule has 1 aromatic heterocycles. The molecule has 4 rings (SSSR count). The molecule has 0 bridgehead atoms. The third-order valence-electron chi connectivity index (χ3n) is 5.42. The lowest BCUT2D eigenvalue weighted by Crippen LogP contribution is -2.51. The summed E-state index contributed by atoms with van der Waals surface area (Å²) in [6.45, 7) is 1.81. The molecule has 2 heterocycles. The molecule has 162 valence electrons. The summed E-state index contributed by atoms with van der Waals surface area (Å²) in [5, 5.41) is 2.84. The Labute approximate surface area is 186 Å². The second kappa shape index (κ2) is 9.87. The molecular weight excluding hydrogens is 404 g/mol. The van der Waals surface area contributed by atoms with Crippen molar-refractivity contribution >= 4 is 23.4 Å². The maximum atomic E-state index is 13.2. The fourth-order valence-electron chi connectivity index (χ4n) is 3.66. The van der Waals surface area contributed by atoms with Crippen LogP contribution in [0.3, 0.4) is 0 Å². The first-order valence-electron chi connectivity index (χ1n) is 10.5. The lowest BCUT2D eigenvalue weighted by molar-refractivity contribution is -0.132. The van der Waals surface area contributed by atoms with Crippen LogP contribution in [0.4, 0.5) is 5.69 Å². The average molecular weight is 428 g/mol. The van der Waals surface area contributed by atoms with Crippen LogP contribution >= 0.6 is 0 Å². The summed E-state index contributed by atoms with van der Waals surface area (Å²) in [5.74, 6) is -0.423. The minimum Gasteiger partial charge on any atom is -0.339 e. The Kier molecular flexibility index (Phi) is 6.55. The van der Waals surface area contributed by atoms with Gasteiger partial charge >= 0.3 is 0 Å². The Morgan fingerprint density at radius 1 is 0.781 bits per heavy atom. The zero-order chi connectivity index (χ0) is 22.3. The van der Waals surface area contributed by atoms with Gasteiger partial charge in [-0.2, -0.15) is 0 Å². The van der Waals surface area contributed by atoms with Crippen molar-refractivity contribution in [2.75, 3.05) is 31.5 Å². The van der Waals surface area contributed by atoms with Crippen molar-refractivity contribution in [2.45, 2.75) is 6.42 Å². The molecule has 1 saturated heterocycles. The monoisotopic (exact) mass is 428 g/mol. The number of carbonyl (C=O) groups excluding carboxylic acids is 3. The maximum absolute atomic E-state index is 13.2. The molecule has 1 fully saturated rings. The first-order valence-corrected chi connectivity index (χ1v) is 10.5. The van der Waals surface area contributed by atoms with E-state index >= 15 is 0 Å². The van der Waals surface area contributed by atoms with Gasteiger partial charge in [0.1, 0.15) is 0 Å². The molecular formula is C25H24N4O3. The number of piperazine rings is 1. The molecule has 0 radical (unpaired) electrons. The summed E-state index contributed by atoms with van der Waals surface area (Å²) in [4.78, 5) is 46.0. The molecule has 3 amide bonds. The number of benzene rings is 2. The van der Waals surface area contributed by atoms with Crippen LogP contribution in [0.25, 0.3) is 0 Å². The number of anilines is 1. The van der Waals surface area contributed by atoms with Gasteiger partial charge in [-0.15, -0.1) is 0 Å². The molecule has 7 heteroatoms. The van der Waals surface area contributed by atoms with E-state index in [4.69, 9.17) is 0 Å². The summed E-state index contributed by atoms with van der Waals surface area (Å²) in [6, 6.07) is 21.4.